The zero-order chi connectivity index (χ0) is 10.1. The monoisotopic (exact) mass is 183 g/mol. The molecule has 0 spiro atoms. The first-order valence-corrected chi connectivity index (χ1v) is 4.73. The van der Waals surface area contributed by atoms with E-state index in [1.807, 2.05) is 0 Å². The Bertz CT molecular complexity index is 212. The van der Waals surface area contributed by atoms with E-state index in [0.717, 1.165) is 6.42 Å². The molecule has 3 nitrogen and oxygen atoms in total. The molecular formula is C10H17NO2. The van der Waals surface area contributed by atoms with E-state index in [1.165, 1.54) is 4.90 Å². The summed E-state index contributed by atoms with van der Waals surface area (Å²) in [5.74, 6) is -0.0106. The van der Waals surface area contributed by atoms with Crippen molar-refractivity contribution in [1.82, 2.24) is 4.90 Å². The van der Waals surface area contributed by atoms with E-state index in [-0.39, 0.29) is 17.2 Å². The molecule has 0 atom stereocenters. The van der Waals surface area contributed by atoms with Crippen molar-refractivity contribution in [3.63, 3.8) is 0 Å². The van der Waals surface area contributed by atoms with E-state index in [2.05, 4.69) is 20.8 Å². The minimum atomic E-state index is -0.00532. The van der Waals surface area contributed by atoms with Crippen LogP contribution in [0.15, 0.2) is 0 Å². The van der Waals surface area contributed by atoms with Crippen LogP contribution in [0.2, 0.25) is 0 Å². The lowest BCUT2D eigenvalue weighted by atomic mass is 9.92. The van der Waals surface area contributed by atoms with Crippen molar-refractivity contribution >= 4 is 11.8 Å². The lowest BCUT2D eigenvalue weighted by molar-refractivity contribution is -0.138. The molecule has 3 heteroatoms. The van der Waals surface area contributed by atoms with Gasteiger partial charge in [0.2, 0.25) is 11.8 Å². The SMILES string of the molecule is CC(C)(C)CCN1C(=O)CCC1=O. The van der Waals surface area contributed by atoms with Gasteiger partial charge in [0.15, 0.2) is 0 Å². The molecule has 0 saturated carbocycles. The Hall–Kier alpha value is -0.860. The summed E-state index contributed by atoms with van der Waals surface area (Å²) in [7, 11) is 0. The molecule has 1 heterocycles. The first-order valence-electron chi connectivity index (χ1n) is 4.73. The summed E-state index contributed by atoms with van der Waals surface area (Å²) < 4.78 is 0. The number of imide groups is 1. The van der Waals surface area contributed by atoms with Crippen LogP contribution in [0.4, 0.5) is 0 Å². The van der Waals surface area contributed by atoms with Crippen molar-refractivity contribution in [2.75, 3.05) is 6.54 Å². The molecular weight excluding hydrogens is 166 g/mol. The van der Waals surface area contributed by atoms with Crippen LogP contribution in [0, 0.1) is 5.41 Å². The second kappa shape index (κ2) is 3.48. The third-order valence-electron chi connectivity index (χ3n) is 2.24. The number of carbonyl (C=O) groups is 2. The molecule has 2 amide bonds. The molecule has 0 aromatic heterocycles. The Morgan fingerprint density at radius 3 is 2.00 bits per heavy atom. The highest BCUT2D eigenvalue weighted by atomic mass is 16.2. The summed E-state index contributed by atoms with van der Waals surface area (Å²) in [6, 6.07) is 0. The van der Waals surface area contributed by atoms with Gasteiger partial charge < -0.3 is 0 Å². The maximum Gasteiger partial charge on any atom is 0.229 e. The smallest absolute Gasteiger partial charge is 0.229 e. The average Bonchev–Trinajstić information content (AvgIpc) is 2.27. The summed E-state index contributed by atoms with van der Waals surface area (Å²) in [5, 5.41) is 0. The van der Waals surface area contributed by atoms with E-state index in [4.69, 9.17) is 0 Å². The van der Waals surface area contributed by atoms with Crippen molar-refractivity contribution in [3.8, 4) is 0 Å². The van der Waals surface area contributed by atoms with E-state index >= 15 is 0 Å². The normalized spacial score (nSPS) is 18.5. The number of rotatable bonds is 2. The highest BCUT2D eigenvalue weighted by Crippen LogP contribution is 2.21. The minimum Gasteiger partial charge on any atom is -0.283 e. The van der Waals surface area contributed by atoms with Crippen LogP contribution in [-0.4, -0.2) is 23.3 Å². The van der Waals surface area contributed by atoms with Crippen LogP contribution in [0.3, 0.4) is 0 Å². The molecule has 74 valence electrons. The van der Waals surface area contributed by atoms with Crippen LogP contribution in [-0.2, 0) is 9.59 Å². The van der Waals surface area contributed by atoms with Gasteiger partial charge in [-0.25, -0.2) is 0 Å². The van der Waals surface area contributed by atoms with Crippen molar-refractivity contribution in [1.29, 1.82) is 0 Å². The number of nitrogens with zero attached hydrogens (tertiary/aromatic N) is 1. The third-order valence-corrected chi connectivity index (χ3v) is 2.24. The van der Waals surface area contributed by atoms with Crippen LogP contribution in [0.1, 0.15) is 40.0 Å². The van der Waals surface area contributed by atoms with Gasteiger partial charge >= 0.3 is 0 Å². The lowest BCUT2D eigenvalue weighted by Gasteiger charge is -2.21. The lowest BCUT2D eigenvalue weighted by Crippen LogP contribution is -2.32. The highest BCUT2D eigenvalue weighted by molar-refractivity contribution is 6.01. The second-order valence-corrected chi connectivity index (χ2v) is 4.75. The molecule has 1 aliphatic heterocycles. The summed E-state index contributed by atoms with van der Waals surface area (Å²) >= 11 is 0. The fraction of sp³-hybridized carbons (Fsp3) is 0.800. The number of hydrogen-bond acceptors (Lipinski definition) is 2. The maximum atomic E-state index is 11.2. The van der Waals surface area contributed by atoms with Gasteiger partial charge in [-0.3, -0.25) is 14.5 Å². The number of likely N-dealkylation sites (tertiary alicyclic amines) is 1. The first kappa shape index (κ1) is 10.2. The molecule has 13 heavy (non-hydrogen) atoms. The third kappa shape index (κ3) is 2.83. The Balaban J connectivity index is 2.45. The summed E-state index contributed by atoms with van der Waals surface area (Å²) in [6.45, 7) is 6.91. The van der Waals surface area contributed by atoms with Gasteiger partial charge in [-0.15, -0.1) is 0 Å². The molecule has 0 aliphatic carbocycles. The van der Waals surface area contributed by atoms with Crippen molar-refractivity contribution in [3.05, 3.63) is 0 Å². The summed E-state index contributed by atoms with van der Waals surface area (Å²) in [6.07, 6.45) is 1.69. The van der Waals surface area contributed by atoms with Crippen molar-refractivity contribution < 1.29 is 9.59 Å². The molecule has 1 aliphatic rings. The van der Waals surface area contributed by atoms with E-state index in [9.17, 15) is 9.59 Å². The fourth-order valence-electron chi connectivity index (χ4n) is 1.32. The van der Waals surface area contributed by atoms with Gasteiger partial charge in [-0.1, -0.05) is 20.8 Å². The van der Waals surface area contributed by atoms with Crippen LogP contribution in [0.5, 0.6) is 0 Å². The number of hydrogen-bond donors (Lipinski definition) is 0. The minimum absolute atomic E-state index is 0.00532. The average molecular weight is 183 g/mol. The predicted octanol–water partition coefficient (Wildman–Crippen LogP) is 1.57. The largest absolute Gasteiger partial charge is 0.283 e. The van der Waals surface area contributed by atoms with E-state index in [0.29, 0.717) is 19.4 Å². The number of amides is 2. The van der Waals surface area contributed by atoms with Gasteiger partial charge in [-0.2, -0.15) is 0 Å². The quantitative estimate of drug-likeness (QED) is 0.609. The first-order chi connectivity index (χ1) is 5.90. The van der Waals surface area contributed by atoms with Crippen molar-refractivity contribution in [2.24, 2.45) is 5.41 Å². The maximum absolute atomic E-state index is 11.2. The van der Waals surface area contributed by atoms with E-state index in [1.54, 1.807) is 0 Å². The zero-order valence-corrected chi connectivity index (χ0v) is 8.59. The predicted molar refractivity (Wildman–Crippen MR) is 50.0 cm³/mol. The standard InChI is InChI=1S/C10H17NO2/c1-10(2,3)6-7-11-8(12)4-5-9(11)13/h4-7H2,1-3H3. The van der Waals surface area contributed by atoms with Gasteiger partial charge in [0, 0.05) is 19.4 Å². The second-order valence-electron chi connectivity index (χ2n) is 4.75. The Labute approximate surface area is 79.1 Å². The molecule has 0 radical (unpaired) electrons. The van der Waals surface area contributed by atoms with Crippen LogP contribution >= 0.6 is 0 Å². The van der Waals surface area contributed by atoms with Gasteiger partial charge in [0.1, 0.15) is 0 Å². The molecule has 0 aromatic rings. The molecule has 0 N–H and O–H groups in total. The molecule has 0 aromatic carbocycles. The Kier molecular flexibility index (Phi) is 2.74. The molecule has 1 saturated heterocycles. The Morgan fingerprint density at radius 1 is 1.15 bits per heavy atom. The van der Waals surface area contributed by atoms with E-state index < -0.39 is 0 Å². The zero-order valence-electron chi connectivity index (χ0n) is 8.59. The van der Waals surface area contributed by atoms with Gasteiger partial charge in [0.05, 0.1) is 0 Å². The molecule has 1 fully saturated rings. The van der Waals surface area contributed by atoms with Gasteiger partial charge in [-0.05, 0) is 11.8 Å². The van der Waals surface area contributed by atoms with Crippen LogP contribution < -0.4 is 0 Å². The Morgan fingerprint density at radius 2 is 1.62 bits per heavy atom. The molecule has 1 rings (SSSR count). The molecule has 0 unspecified atom stereocenters. The fourth-order valence-corrected chi connectivity index (χ4v) is 1.32. The van der Waals surface area contributed by atoms with Crippen LogP contribution in [0.25, 0.3) is 0 Å². The highest BCUT2D eigenvalue weighted by Gasteiger charge is 2.29. The number of carbonyl (C=O) groups excluding carboxylic acids is 2. The van der Waals surface area contributed by atoms with Gasteiger partial charge in [0.25, 0.3) is 0 Å². The summed E-state index contributed by atoms with van der Waals surface area (Å²) in [5.41, 5.74) is 0.184. The van der Waals surface area contributed by atoms with Crippen molar-refractivity contribution in [2.45, 2.75) is 40.0 Å². The summed E-state index contributed by atoms with van der Waals surface area (Å²) in [4.78, 5) is 23.8. The topological polar surface area (TPSA) is 37.4 Å². The molecule has 0 bridgehead atoms.